The molecule has 9 heteroatoms. The summed E-state index contributed by atoms with van der Waals surface area (Å²) in [5.74, 6) is -1.72. The molecule has 2 rings (SSSR count). The van der Waals surface area contributed by atoms with Gasteiger partial charge in [0.1, 0.15) is 10.1 Å². The number of carbonyl (C=O) groups is 1. The van der Waals surface area contributed by atoms with Crippen LogP contribution in [0.4, 0.5) is 11.4 Å². The standard InChI is InChI=1S/C18H20N2O6S/c1-3-20(4-2)13-5-8-17(21)12(9-13)11-19-16-7-6-14(27(24,25)26)10-15(16)18(22)23/h5-11,21H,3-4H2,1-2H3,(H,22,23)(H,24,25,26)/p-2. The maximum Gasteiger partial charge on any atom is 0.337 e. The Hall–Kier alpha value is -2.91. The van der Waals surface area contributed by atoms with Gasteiger partial charge in [0.25, 0.3) is 0 Å². The summed E-state index contributed by atoms with van der Waals surface area (Å²) < 4.78 is 33.2. The van der Waals surface area contributed by atoms with Crippen LogP contribution in [0.2, 0.25) is 0 Å². The Labute approximate surface area is 157 Å². The van der Waals surface area contributed by atoms with E-state index in [0.717, 1.165) is 37.0 Å². The van der Waals surface area contributed by atoms with Crippen LogP contribution in [0.1, 0.15) is 29.8 Å². The molecule has 2 aromatic carbocycles. The van der Waals surface area contributed by atoms with E-state index in [1.165, 1.54) is 12.3 Å². The van der Waals surface area contributed by atoms with Gasteiger partial charge in [-0.25, -0.2) is 13.2 Å². The molecule has 0 bridgehead atoms. The normalized spacial score (nSPS) is 11.7. The number of hydrogen-bond acceptors (Lipinski definition) is 7. The molecule has 144 valence electrons. The second-order valence-electron chi connectivity index (χ2n) is 5.59. The number of anilines is 1. The number of benzene rings is 2. The Morgan fingerprint density at radius 3 is 2.41 bits per heavy atom. The highest BCUT2D eigenvalue weighted by Gasteiger charge is 2.13. The molecule has 0 spiro atoms. The van der Waals surface area contributed by atoms with E-state index in [2.05, 4.69) is 4.99 Å². The number of aliphatic imine (C=N–C) groups is 1. The van der Waals surface area contributed by atoms with Gasteiger partial charge in [0, 0.05) is 25.0 Å². The second-order valence-corrected chi connectivity index (χ2v) is 6.97. The fourth-order valence-electron chi connectivity index (χ4n) is 2.52. The quantitative estimate of drug-likeness (QED) is 0.564. The molecule has 0 radical (unpaired) electrons. The van der Waals surface area contributed by atoms with E-state index in [1.807, 2.05) is 18.7 Å². The van der Waals surface area contributed by atoms with Gasteiger partial charge in [-0.05, 0) is 49.7 Å². The lowest BCUT2D eigenvalue weighted by Crippen LogP contribution is -2.21. The van der Waals surface area contributed by atoms with Crippen LogP contribution in [0.25, 0.3) is 0 Å². The van der Waals surface area contributed by atoms with Crippen molar-refractivity contribution in [2.75, 3.05) is 18.0 Å². The molecule has 0 aromatic heterocycles. The third kappa shape index (κ3) is 4.83. The van der Waals surface area contributed by atoms with Crippen molar-refractivity contribution in [3.8, 4) is 5.75 Å². The fourth-order valence-corrected chi connectivity index (χ4v) is 3.01. The Balaban J connectivity index is 2.46. The van der Waals surface area contributed by atoms with Crippen LogP contribution in [0, 0.1) is 0 Å². The number of aromatic carboxylic acids is 1. The van der Waals surface area contributed by atoms with Crippen molar-refractivity contribution in [3.63, 3.8) is 0 Å². The van der Waals surface area contributed by atoms with Crippen molar-refractivity contribution in [2.24, 2.45) is 4.99 Å². The Kier molecular flexibility index (Phi) is 6.19. The first-order valence-corrected chi connectivity index (χ1v) is 9.51. The average Bonchev–Trinajstić information content (AvgIpc) is 2.61. The van der Waals surface area contributed by atoms with Crippen molar-refractivity contribution in [2.45, 2.75) is 18.7 Å². The van der Waals surface area contributed by atoms with E-state index < -0.39 is 26.5 Å². The summed E-state index contributed by atoms with van der Waals surface area (Å²) in [5.41, 5.74) is 0.571. The van der Waals surface area contributed by atoms with Gasteiger partial charge in [0.05, 0.1) is 16.1 Å². The Morgan fingerprint density at radius 1 is 1.19 bits per heavy atom. The summed E-state index contributed by atoms with van der Waals surface area (Å²) in [6.45, 7) is 5.46. The molecule has 2 aromatic rings. The summed E-state index contributed by atoms with van der Waals surface area (Å²) in [7, 11) is -4.79. The van der Waals surface area contributed by atoms with Gasteiger partial charge in [-0.1, -0.05) is 11.8 Å². The average molecular weight is 390 g/mol. The van der Waals surface area contributed by atoms with Crippen LogP contribution in [-0.4, -0.2) is 43.4 Å². The van der Waals surface area contributed by atoms with Crippen LogP contribution in [0.15, 0.2) is 46.3 Å². The Morgan fingerprint density at radius 2 is 1.85 bits per heavy atom. The third-order valence-electron chi connectivity index (χ3n) is 3.95. The molecule has 0 amide bonds. The zero-order valence-corrected chi connectivity index (χ0v) is 15.6. The largest absolute Gasteiger partial charge is 0.872 e. The number of hydrogen-bond donors (Lipinski definition) is 1. The van der Waals surface area contributed by atoms with Crippen LogP contribution in [0.3, 0.4) is 0 Å². The van der Waals surface area contributed by atoms with Gasteiger partial charge < -0.3 is 19.7 Å². The molecule has 0 unspecified atom stereocenters. The van der Waals surface area contributed by atoms with Crippen molar-refractivity contribution < 1.29 is 28.0 Å². The van der Waals surface area contributed by atoms with E-state index in [4.69, 9.17) is 0 Å². The third-order valence-corrected chi connectivity index (χ3v) is 4.78. The molecule has 0 saturated carbocycles. The van der Waals surface area contributed by atoms with E-state index in [-0.39, 0.29) is 17.0 Å². The van der Waals surface area contributed by atoms with Crippen LogP contribution in [0.5, 0.6) is 5.75 Å². The van der Waals surface area contributed by atoms with Crippen LogP contribution in [-0.2, 0) is 10.1 Å². The predicted molar refractivity (Wildman–Crippen MR) is 98.1 cm³/mol. The minimum atomic E-state index is -4.79. The van der Waals surface area contributed by atoms with Crippen LogP contribution < -0.4 is 10.0 Å². The smallest absolute Gasteiger partial charge is 0.337 e. The van der Waals surface area contributed by atoms with Crippen LogP contribution >= 0.6 is 0 Å². The summed E-state index contributed by atoms with van der Waals surface area (Å²) in [5, 5.41) is 21.3. The van der Waals surface area contributed by atoms with Gasteiger partial charge in [-0.3, -0.25) is 4.99 Å². The maximum atomic E-state index is 12.0. The molecule has 0 aliphatic rings. The molecule has 27 heavy (non-hydrogen) atoms. The zero-order chi connectivity index (χ0) is 20.2. The number of carboxylic acids is 1. The molecule has 0 atom stereocenters. The lowest BCUT2D eigenvalue weighted by Gasteiger charge is -2.23. The molecule has 0 fully saturated rings. The lowest BCUT2D eigenvalue weighted by atomic mass is 10.1. The highest BCUT2D eigenvalue weighted by molar-refractivity contribution is 7.85. The highest BCUT2D eigenvalue weighted by Crippen LogP contribution is 2.25. The minimum absolute atomic E-state index is 0.0671. The first-order chi connectivity index (χ1) is 12.7. The zero-order valence-electron chi connectivity index (χ0n) is 14.7. The van der Waals surface area contributed by atoms with Crippen molar-refractivity contribution in [3.05, 3.63) is 47.5 Å². The molecule has 0 saturated heterocycles. The molecule has 0 aliphatic heterocycles. The van der Waals surface area contributed by atoms with Gasteiger partial charge >= 0.3 is 5.97 Å². The van der Waals surface area contributed by atoms with E-state index >= 15 is 0 Å². The molecule has 8 nitrogen and oxygen atoms in total. The molecular weight excluding hydrogens is 372 g/mol. The predicted octanol–water partition coefficient (Wildman–Crippen LogP) is 1.96. The highest BCUT2D eigenvalue weighted by atomic mass is 32.2. The summed E-state index contributed by atoms with van der Waals surface area (Å²) in [6, 6.07) is 7.59. The SMILES string of the molecule is CCN(CC)c1ccc([O-])c(C=Nc2ccc(S(=O)(=O)[O-])cc2C(=O)O)c1. The van der Waals surface area contributed by atoms with Gasteiger partial charge in [0.2, 0.25) is 0 Å². The van der Waals surface area contributed by atoms with E-state index in [9.17, 15) is 28.0 Å². The summed E-state index contributed by atoms with van der Waals surface area (Å²) >= 11 is 0. The number of nitrogens with zero attached hydrogens (tertiary/aromatic N) is 2. The Bertz CT molecular complexity index is 981. The first-order valence-electron chi connectivity index (χ1n) is 8.10. The lowest BCUT2D eigenvalue weighted by molar-refractivity contribution is -0.268. The van der Waals surface area contributed by atoms with Gasteiger partial charge in [-0.15, -0.1) is 0 Å². The first kappa shape index (κ1) is 20.4. The summed E-state index contributed by atoms with van der Waals surface area (Å²) in [4.78, 5) is 16.7. The fraction of sp³-hybridized carbons (Fsp3) is 0.222. The number of carboxylic acid groups (broad SMARTS) is 1. The van der Waals surface area contributed by atoms with Gasteiger partial charge in [-0.2, -0.15) is 0 Å². The van der Waals surface area contributed by atoms with E-state index in [0.29, 0.717) is 0 Å². The monoisotopic (exact) mass is 390 g/mol. The van der Waals surface area contributed by atoms with E-state index in [1.54, 1.807) is 12.1 Å². The number of rotatable bonds is 7. The van der Waals surface area contributed by atoms with Gasteiger partial charge in [0.15, 0.2) is 0 Å². The topological polar surface area (TPSA) is 133 Å². The molecular formula is C18H18N2O6S-2. The van der Waals surface area contributed by atoms with Crippen molar-refractivity contribution in [1.29, 1.82) is 0 Å². The molecule has 1 N–H and O–H groups in total. The van der Waals surface area contributed by atoms with Crippen molar-refractivity contribution >= 4 is 33.7 Å². The summed E-state index contributed by atoms with van der Waals surface area (Å²) in [6.07, 6.45) is 1.22. The minimum Gasteiger partial charge on any atom is -0.872 e. The second kappa shape index (κ2) is 8.19. The maximum absolute atomic E-state index is 12.0. The van der Waals surface area contributed by atoms with Crippen molar-refractivity contribution in [1.82, 2.24) is 0 Å². The molecule has 0 aliphatic carbocycles. The molecule has 0 heterocycles.